The summed E-state index contributed by atoms with van der Waals surface area (Å²) in [6.45, 7) is 2.77. The van der Waals surface area contributed by atoms with Crippen molar-refractivity contribution in [2.45, 2.75) is 25.7 Å². The minimum Gasteiger partial charge on any atom is -0.396 e. The first-order chi connectivity index (χ1) is 6.34. The van der Waals surface area contributed by atoms with Crippen LogP contribution in [0.2, 0.25) is 0 Å². The number of nitrogens with zero attached hydrogens (tertiary/aromatic N) is 1. The van der Waals surface area contributed by atoms with E-state index in [0.717, 1.165) is 45.3 Å². The second-order valence-electron chi connectivity index (χ2n) is 3.36. The van der Waals surface area contributed by atoms with Crippen LogP contribution in [0.4, 0.5) is 4.79 Å². The van der Waals surface area contributed by atoms with E-state index in [9.17, 15) is 4.79 Å². The Bertz CT molecular complexity index is 162. The van der Waals surface area contributed by atoms with Crippen molar-refractivity contribution in [2.75, 3.05) is 26.2 Å². The minimum absolute atomic E-state index is 0.0714. The largest absolute Gasteiger partial charge is 0.396 e. The van der Waals surface area contributed by atoms with Crippen LogP contribution in [-0.4, -0.2) is 42.3 Å². The van der Waals surface area contributed by atoms with Crippen molar-refractivity contribution in [1.82, 2.24) is 10.2 Å². The first kappa shape index (κ1) is 10.3. The molecule has 76 valence electrons. The molecular weight excluding hydrogens is 168 g/mol. The molecule has 1 rings (SSSR count). The molecule has 0 bridgehead atoms. The Morgan fingerprint density at radius 3 is 2.69 bits per heavy atom. The van der Waals surface area contributed by atoms with E-state index in [1.165, 1.54) is 0 Å². The van der Waals surface area contributed by atoms with Gasteiger partial charge in [0.15, 0.2) is 0 Å². The van der Waals surface area contributed by atoms with Crippen molar-refractivity contribution in [2.24, 2.45) is 0 Å². The second kappa shape index (κ2) is 5.80. The van der Waals surface area contributed by atoms with E-state index in [-0.39, 0.29) is 12.6 Å². The molecule has 0 unspecified atom stereocenters. The number of urea groups is 1. The molecule has 0 radical (unpaired) electrons. The average molecular weight is 186 g/mol. The maximum atomic E-state index is 11.1. The highest BCUT2D eigenvalue weighted by Crippen LogP contribution is 2.03. The summed E-state index contributed by atoms with van der Waals surface area (Å²) < 4.78 is 0. The summed E-state index contributed by atoms with van der Waals surface area (Å²) >= 11 is 0. The number of amides is 2. The van der Waals surface area contributed by atoms with Crippen LogP contribution in [0.25, 0.3) is 0 Å². The zero-order valence-electron chi connectivity index (χ0n) is 7.96. The predicted molar refractivity (Wildman–Crippen MR) is 50.5 cm³/mol. The fourth-order valence-corrected chi connectivity index (χ4v) is 1.49. The third-order valence-corrected chi connectivity index (χ3v) is 2.28. The normalized spacial score (nSPS) is 16.4. The van der Waals surface area contributed by atoms with Crippen LogP contribution < -0.4 is 5.32 Å². The highest BCUT2D eigenvalue weighted by Gasteiger charge is 2.17. The smallest absolute Gasteiger partial charge is 0.317 e. The van der Waals surface area contributed by atoms with Gasteiger partial charge in [0.2, 0.25) is 0 Å². The molecular formula is C9H18N2O2. The molecule has 0 spiro atoms. The van der Waals surface area contributed by atoms with Gasteiger partial charge in [0.05, 0.1) is 0 Å². The summed E-state index contributed by atoms with van der Waals surface area (Å²) in [5.41, 5.74) is 0. The van der Waals surface area contributed by atoms with Gasteiger partial charge in [0.1, 0.15) is 0 Å². The van der Waals surface area contributed by atoms with Gasteiger partial charge in [0.25, 0.3) is 0 Å². The first-order valence-corrected chi connectivity index (χ1v) is 4.98. The van der Waals surface area contributed by atoms with Gasteiger partial charge >= 0.3 is 6.03 Å². The van der Waals surface area contributed by atoms with E-state index in [1.807, 2.05) is 4.90 Å². The van der Waals surface area contributed by atoms with Crippen LogP contribution in [0.3, 0.4) is 0 Å². The van der Waals surface area contributed by atoms with Crippen LogP contribution in [0, 0.1) is 0 Å². The number of carbonyl (C=O) groups excluding carboxylic acids is 1. The van der Waals surface area contributed by atoms with Crippen LogP contribution in [0.5, 0.6) is 0 Å². The molecule has 2 amide bonds. The lowest BCUT2D eigenvalue weighted by Crippen LogP contribution is -2.28. The maximum absolute atomic E-state index is 11.1. The van der Waals surface area contributed by atoms with Crippen molar-refractivity contribution in [3.05, 3.63) is 0 Å². The van der Waals surface area contributed by atoms with Crippen LogP contribution in [0.1, 0.15) is 25.7 Å². The van der Waals surface area contributed by atoms with Gasteiger partial charge in [-0.05, 0) is 12.8 Å². The SMILES string of the molecule is O=C1NCCN1CCCCCCO. The molecule has 0 aliphatic carbocycles. The molecule has 1 aliphatic rings. The van der Waals surface area contributed by atoms with Crippen molar-refractivity contribution in [1.29, 1.82) is 0 Å². The molecule has 1 saturated heterocycles. The van der Waals surface area contributed by atoms with Gasteiger partial charge in [0, 0.05) is 26.2 Å². The monoisotopic (exact) mass is 186 g/mol. The number of hydrogen-bond acceptors (Lipinski definition) is 2. The molecule has 4 nitrogen and oxygen atoms in total. The van der Waals surface area contributed by atoms with Crippen molar-refractivity contribution >= 4 is 6.03 Å². The summed E-state index contributed by atoms with van der Waals surface area (Å²) in [4.78, 5) is 12.9. The lowest BCUT2D eigenvalue weighted by atomic mass is 10.2. The number of rotatable bonds is 6. The lowest BCUT2D eigenvalue weighted by Gasteiger charge is -2.13. The van der Waals surface area contributed by atoms with Crippen LogP contribution in [-0.2, 0) is 0 Å². The zero-order valence-corrected chi connectivity index (χ0v) is 7.96. The van der Waals surface area contributed by atoms with E-state index in [4.69, 9.17) is 5.11 Å². The Balaban J connectivity index is 1.96. The van der Waals surface area contributed by atoms with Gasteiger partial charge in [-0.15, -0.1) is 0 Å². The molecule has 1 aliphatic heterocycles. The van der Waals surface area contributed by atoms with Crippen LogP contribution >= 0.6 is 0 Å². The standard InChI is InChI=1S/C9H18N2O2/c12-8-4-2-1-3-6-11-7-5-10-9(11)13/h12H,1-8H2,(H,10,13). The number of aliphatic hydroxyl groups excluding tert-OH is 1. The molecule has 2 N–H and O–H groups in total. The van der Waals surface area contributed by atoms with Gasteiger partial charge < -0.3 is 15.3 Å². The van der Waals surface area contributed by atoms with E-state index in [0.29, 0.717) is 0 Å². The number of carbonyl (C=O) groups is 1. The Labute approximate surface area is 78.9 Å². The summed E-state index contributed by atoms with van der Waals surface area (Å²) in [7, 11) is 0. The topological polar surface area (TPSA) is 52.6 Å². The Morgan fingerprint density at radius 2 is 2.08 bits per heavy atom. The summed E-state index contributed by atoms with van der Waals surface area (Å²) in [5, 5.41) is 11.3. The molecule has 13 heavy (non-hydrogen) atoms. The fourth-order valence-electron chi connectivity index (χ4n) is 1.49. The van der Waals surface area contributed by atoms with Crippen molar-refractivity contribution in [3.8, 4) is 0 Å². The van der Waals surface area contributed by atoms with Crippen molar-refractivity contribution < 1.29 is 9.90 Å². The highest BCUT2D eigenvalue weighted by molar-refractivity contribution is 5.76. The Hall–Kier alpha value is -0.770. The van der Waals surface area contributed by atoms with E-state index < -0.39 is 0 Å². The Morgan fingerprint density at radius 1 is 1.31 bits per heavy atom. The van der Waals surface area contributed by atoms with Gasteiger partial charge in [-0.3, -0.25) is 0 Å². The van der Waals surface area contributed by atoms with Gasteiger partial charge in [-0.1, -0.05) is 12.8 Å². The molecule has 1 fully saturated rings. The Kier molecular flexibility index (Phi) is 4.60. The zero-order chi connectivity index (χ0) is 9.52. The van der Waals surface area contributed by atoms with Gasteiger partial charge in [-0.25, -0.2) is 4.79 Å². The molecule has 0 aromatic rings. The van der Waals surface area contributed by atoms with E-state index >= 15 is 0 Å². The first-order valence-electron chi connectivity index (χ1n) is 4.98. The van der Waals surface area contributed by atoms with Gasteiger partial charge in [-0.2, -0.15) is 0 Å². The second-order valence-corrected chi connectivity index (χ2v) is 3.36. The summed E-state index contributed by atoms with van der Waals surface area (Å²) in [6, 6.07) is 0.0714. The number of hydrogen-bond donors (Lipinski definition) is 2. The average Bonchev–Trinajstić information content (AvgIpc) is 2.52. The molecule has 0 aromatic carbocycles. The number of unbranched alkanes of at least 4 members (excludes halogenated alkanes) is 3. The molecule has 1 heterocycles. The fraction of sp³-hybridized carbons (Fsp3) is 0.889. The molecule has 0 aromatic heterocycles. The predicted octanol–water partition coefficient (Wildman–Crippen LogP) is 0.564. The highest BCUT2D eigenvalue weighted by atomic mass is 16.2. The molecule has 0 atom stereocenters. The van der Waals surface area contributed by atoms with Crippen LogP contribution in [0.15, 0.2) is 0 Å². The van der Waals surface area contributed by atoms with E-state index in [1.54, 1.807) is 0 Å². The van der Waals surface area contributed by atoms with Crippen molar-refractivity contribution in [3.63, 3.8) is 0 Å². The molecule has 4 heteroatoms. The lowest BCUT2D eigenvalue weighted by molar-refractivity contribution is 0.216. The third kappa shape index (κ3) is 3.63. The maximum Gasteiger partial charge on any atom is 0.317 e. The number of nitrogens with one attached hydrogen (secondary N) is 1. The third-order valence-electron chi connectivity index (χ3n) is 2.28. The summed E-state index contributed by atoms with van der Waals surface area (Å²) in [6.07, 6.45) is 4.09. The van der Waals surface area contributed by atoms with E-state index in [2.05, 4.69) is 5.32 Å². The summed E-state index contributed by atoms with van der Waals surface area (Å²) in [5.74, 6) is 0. The molecule has 0 saturated carbocycles. The minimum atomic E-state index is 0.0714. The number of aliphatic hydroxyl groups is 1. The quantitative estimate of drug-likeness (QED) is 0.596.